The quantitative estimate of drug-likeness (QED) is 0.502. The lowest BCUT2D eigenvalue weighted by Gasteiger charge is -2.20. The smallest absolute Gasteiger partial charge is 0.275 e. The van der Waals surface area contributed by atoms with E-state index in [1.165, 1.54) is 34.0 Å². The highest BCUT2D eigenvalue weighted by atomic mass is 32.2. The summed E-state index contributed by atoms with van der Waals surface area (Å²) in [5.74, 6) is 0.476. The van der Waals surface area contributed by atoms with E-state index in [-0.39, 0.29) is 22.4 Å². The molecule has 0 aliphatic rings. The lowest BCUT2D eigenvalue weighted by atomic mass is 10.2. The SMILES string of the molecule is CCN(CC)S(=O)(=O)c1ccc(OC(C)C)c(NC(=O)c2csc(-c3ccco3)n2)c1. The molecule has 1 N–H and O–H groups in total. The molecule has 8 nitrogen and oxygen atoms in total. The molecular formula is C21H25N3O5S2. The summed E-state index contributed by atoms with van der Waals surface area (Å²) in [5.41, 5.74) is 0.461. The Morgan fingerprint density at radius 2 is 2.00 bits per heavy atom. The van der Waals surface area contributed by atoms with Crippen LogP contribution in [0.15, 0.2) is 51.3 Å². The Labute approximate surface area is 185 Å². The number of thiazole rings is 1. The second kappa shape index (κ2) is 9.63. The minimum absolute atomic E-state index is 0.0807. The van der Waals surface area contributed by atoms with E-state index in [2.05, 4.69) is 10.3 Å². The molecule has 0 aliphatic carbocycles. The molecule has 3 aromatic rings. The summed E-state index contributed by atoms with van der Waals surface area (Å²) < 4.78 is 38.3. The van der Waals surface area contributed by atoms with Gasteiger partial charge < -0.3 is 14.5 Å². The number of aromatic nitrogens is 1. The molecule has 0 atom stereocenters. The molecule has 2 heterocycles. The Morgan fingerprint density at radius 1 is 1.26 bits per heavy atom. The second-order valence-electron chi connectivity index (χ2n) is 6.88. The number of nitrogens with one attached hydrogen (secondary N) is 1. The Kier molecular flexibility index (Phi) is 7.14. The largest absolute Gasteiger partial charge is 0.489 e. The summed E-state index contributed by atoms with van der Waals surface area (Å²) in [6, 6.07) is 7.97. The van der Waals surface area contributed by atoms with E-state index < -0.39 is 15.9 Å². The molecule has 0 bridgehead atoms. The van der Waals surface area contributed by atoms with E-state index in [1.807, 2.05) is 13.8 Å². The lowest BCUT2D eigenvalue weighted by Crippen LogP contribution is -2.30. The first kappa shape index (κ1) is 23.0. The van der Waals surface area contributed by atoms with Crippen molar-refractivity contribution in [3.8, 4) is 16.5 Å². The zero-order valence-electron chi connectivity index (χ0n) is 17.8. The van der Waals surface area contributed by atoms with Crippen LogP contribution in [0.5, 0.6) is 5.75 Å². The highest BCUT2D eigenvalue weighted by Gasteiger charge is 2.24. The van der Waals surface area contributed by atoms with Crippen LogP contribution >= 0.6 is 11.3 Å². The van der Waals surface area contributed by atoms with Crippen molar-refractivity contribution in [3.05, 3.63) is 47.7 Å². The molecule has 0 aliphatic heterocycles. The van der Waals surface area contributed by atoms with Crippen molar-refractivity contribution in [3.63, 3.8) is 0 Å². The van der Waals surface area contributed by atoms with Gasteiger partial charge in [0.05, 0.1) is 22.9 Å². The van der Waals surface area contributed by atoms with Gasteiger partial charge >= 0.3 is 0 Å². The number of amides is 1. The van der Waals surface area contributed by atoms with Crippen LogP contribution in [0, 0.1) is 0 Å². The highest BCUT2D eigenvalue weighted by molar-refractivity contribution is 7.89. The van der Waals surface area contributed by atoms with E-state index >= 15 is 0 Å². The predicted octanol–water partition coefficient (Wildman–Crippen LogP) is 4.47. The maximum absolute atomic E-state index is 12.9. The minimum atomic E-state index is -3.69. The van der Waals surface area contributed by atoms with Crippen molar-refractivity contribution in [2.24, 2.45) is 0 Å². The number of furan rings is 1. The number of ether oxygens (including phenoxy) is 1. The molecular weight excluding hydrogens is 438 g/mol. The van der Waals surface area contributed by atoms with Crippen molar-refractivity contribution in [2.75, 3.05) is 18.4 Å². The Hall–Kier alpha value is -2.69. The van der Waals surface area contributed by atoms with Crippen molar-refractivity contribution in [1.29, 1.82) is 0 Å². The summed E-state index contributed by atoms with van der Waals surface area (Å²) in [4.78, 5) is 17.2. The third-order valence-corrected chi connectivity index (χ3v) is 7.28. The molecule has 166 valence electrons. The molecule has 31 heavy (non-hydrogen) atoms. The van der Waals surface area contributed by atoms with Gasteiger partial charge in [-0.2, -0.15) is 4.31 Å². The van der Waals surface area contributed by atoms with Crippen LogP contribution in [0.4, 0.5) is 5.69 Å². The van der Waals surface area contributed by atoms with Gasteiger partial charge in [-0.3, -0.25) is 4.79 Å². The fourth-order valence-corrected chi connectivity index (χ4v) is 5.17. The van der Waals surface area contributed by atoms with Gasteiger partial charge in [-0.1, -0.05) is 13.8 Å². The van der Waals surface area contributed by atoms with Crippen molar-refractivity contribution >= 4 is 33.0 Å². The van der Waals surface area contributed by atoms with Crippen LogP contribution in [0.3, 0.4) is 0 Å². The van der Waals surface area contributed by atoms with Crippen LogP contribution in [-0.2, 0) is 10.0 Å². The van der Waals surface area contributed by atoms with Crippen LogP contribution in [-0.4, -0.2) is 42.8 Å². The van der Waals surface area contributed by atoms with Gasteiger partial charge in [0.15, 0.2) is 10.8 Å². The zero-order valence-corrected chi connectivity index (χ0v) is 19.4. The van der Waals surface area contributed by atoms with Gasteiger partial charge in [0.2, 0.25) is 10.0 Å². The van der Waals surface area contributed by atoms with Crippen molar-refractivity contribution < 1.29 is 22.4 Å². The van der Waals surface area contributed by atoms with Crippen molar-refractivity contribution in [2.45, 2.75) is 38.7 Å². The molecule has 2 aromatic heterocycles. The van der Waals surface area contributed by atoms with Crippen LogP contribution < -0.4 is 10.1 Å². The van der Waals surface area contributed by atoms with Gasteiger partial charge in [0.25, 0.3) is 5.91 Å². The number of rotatable bonds is 9. The molecule has 0 saturated carbocycles. The van der Waals surface area contributed by atoms with E-state index in [4.69, 9.17) is 9.15 Å². The molecule has 0 unspecified atom stereocenters. The number of hydrogen-bond acceptors (Lipinski definition) is 7. The first-order valence-corrected chi connectivity index (χ1v) is 12.2. The Morgan fingerprint density at radius 3 is 2.61 bits per heavy atom. The zero-order chi connectivity index (χ0) is 22.6. The second-order valence-corrected chi connectivity index (χ2v) is 9.68. The maximum atomic E-state index is 12.9. The van der Waals surface area contributed by atoms with Gasteiger partial charge in [0, 0.05) is 18.5 Å². The highest BCUT2D eigenvalue weighted by Crippen LogP contribution is 2.31. The topological polar surface area (TPSA) is 102 Å². The molecule has 3 rings (SSSR count). The van der Waals surface area contributed by atoms with E-state index in [9.17, 15) is 13.2 Å². The van der Waals surface area contributed by atoms with Crippen LogP contribution in [0.1, 0.15) is 38.2 Å². The number of hydrogen-bond donors (Lipinski definition) is 1. The van der Waals surface area contributed by atoms with Crippen LogP contribution in [0.2, 0.25) is 0 Å². The summed E-state index contributed by atoms with van der Waals surface area (Å²) in [6.45, 7) is 7.94. The monoisotopic (exact) mass is 463 g/mol. The lowest BCUT2D eigenvalue weighted by molar-refractivity contribution is 0.102. The minimum Gasteiger partial charge on any atom is -0.489 e. The summed E-state index contributed by atoms with van der Waals surface area (Å²) in [6.07, 6.45) is 1.37. The van der Waals surface area contributed by atoms with E-state index in [1.54, 1.807) is 37.4 Å². The molecule has 0 spiro atoms. The number of benzene rings is 1. The molecule has 0 fully saturated rings. The third kappa shape index (κ3) is 5.15. The average molecular weight is 464 g/mol. The van der Waals surface area contributed by atoms with Gasteiger partial charge in [-0.15, -0.1) is 11.3 Å². The predicted molar refractivity (Wildman–Crippen MR) is 120 cm³/mol. The summed E-state index contributed by atoms with van der Waals surface area (Å²) in [7, 11) is -3.69. The molecule has 0 radical (unpaired) electrons. The molecule has 1 aromatic carbocycles. The summed E-state index contributed by atoms with van der Waals surface area (Å²) >= 11 is 1.28. The first-order chi connectivity index (χ1) is 14.8. The number of sulfonamides is 1. The molecule has 10 heteroatoms. The fraction of sp³-hybridized carbons (Fsp3) is 0.333. The van der Waals surface area contributed by atoms with Crippen molar-refractivity contribution in [1.82, 2.24) is 9.29 Å². The number of carbonyl (C=O) groups excluding carboxylic acids is 1. The standard InChI is InChI=1S/C21H25N3O5S2/c1-5-24(6-2)31(26,27)15-9-10-18(29-14(3)4)16(12-15)22-20(25)17-13-30-21(23-17)19-8-7-11-28-19/h7-14H,5-6H2,1-4H3,(H,22,25). The first-order valence-electron chi connectivity index (χ1n) is 9.87. The summed E-state index contributed by atoms with van der Waals surface area (Å²) in [5, 5.41) is 4.94. The Balaban J connectivity index is 1.93. The van der Waals surface area contributed by atoms with Gasteiger partial charge in [-0.05, 0) is 44.2 Å². The number of nitrogens with zero attached hydrogens (tertiary/aromatic N) is 2. The average Bonchev–Trinajstić information content (AvgIpc) is 3.41. The normalized spacial score (nSPS) is 11.8. The van der Waals surface area contributed by atoms with Gasteiger partial charge in [-0.25, -0.2) is 13.4 Å². The number of carbonyl (C=O) groups is 1. The molecule has 0 saturated heterocycles. The van der Waals surface area contributed by atoms with E-state index in [0.717, 1.165) is 0 Å². The third-order valence-electron chi connectivity index (χ3n) is 4.37. The Bertz CT molecular complexity index is 1130. The fourth-order valence-electron chi connectivity index (χ4n) is 2.91. The van der Waals surface area contributed by atoms with E-state index in [0.29, 0.717) is 29.6 Å². The number of anilines is 1. The van der Waals surface area contributed by atoms with Gasteiger partial charge in [0.1, 0.15) is 11.4 Å². The maximum Gasteiger partial charge on any atom is 0.275 e. The molecule has 1 amide bonds. The van der Waals surface area contributed by atoms with Crippen LogP contribution in [0.25, 0.3) is 10.8 Å².